The summed E-state index contributed by atoms with van der Waals surface area (Å²) in [6.45, 7) is 7.05. The van der Waals surface area contributed by atoms with Crippen LogP contribution in [0.1, 0.15) is 42.6 Å². The smallest absolute Gasteiger partial charge is 0.164 e. The highest BCUT2D eigenvalue weighted by Crippen LogP contribution is 2.09. The number of carbonyl (C=O) groups is 1. The number of aryl methyl sites for hydroxylation is 1. The Kier molecular flexibility index (Phi) is 5.12. The van der Waals surface area contributed by atoms with E-state index in [1.54, 1.807) is 12.4 Å². The molecule has 0 fully saturated rings. The van der Waals surface area contributed by atoms with Crippen molar-refractivity contribution in [1.82, 2.24) is 10.3 Å². The van der Waals surface area contributed by atoms with Crippen molar-refractivity contribution in [2.45, 2.75) is 39.7 Å². The number of rotatable bonds is 6. The van der Waals surface area contributed by atoms with Gasteiger partial charge in [-0.25, -0.2) is 0 Å². The first-order chi connectivity index (χ1) is 7.61. The Balaban J connectivity index is 2.39. The van der Waals surface area contributed by atoms with Crippen molar-refractivity contribution in [1.29, 1.82) is 0 Å². The van der Waals surface area contributed by atoms with Crippen LogP contribution < -0.4 is 5.32 Å². The van der Waals surface area contributed by atoms with Gasteiger partial charge in [-0.05, 0) is 31.5 Å². The molecule has 0 unspecified atom stereocenters. The van der Waals surface area contributed by atoms with Crippen LogP contribution in [0.3, 0.4) is 0 Å². The number of pyridine rings is 1. The van der Waals surface area contributed by atoms with Crippen LogP contribution in [0.15, 0.2) is 18.5 Å². The number of nitrogens with zero attached hydrogens (tertiary/aromatic N) is 1. The standard InChI is InChI=1S/C13H20N2O/c1-10(2)15-7-4-5-13(16)12-9-14-8-6-11(12)3/h6,8-10,15H,4-5,7H2,1-3H3. The predicted molar refractivity (Wildman–Crippen MR) is 65.7 cm³/mol. The topological polar surface area (TPSA) is 42.0 Å². The van der Waals surface area contributed by atoms with E-state index in [1.807, 2.05) is 13.0 Å². The second-order valence-electron chi connectivity index (χ2n) is 4.33. The van der Waals surface area contributed by atoms with Gasteiger partial charge in [0.15, 0.2) is 5.78 Å². The molecule has 0 atom stereocenters. The lowest BCUT2D eigenvalue weighted by Crippen LogP contribution is -2.24. The van der Waals surface area contributed by atoms with Crippen molar-refractivity contribution in [2.24, 2.45) is 0 Å². The van der Waals surface area contributed by atoms with Gasteiger partial charge in [0.05, 0.1) is 0 Å². The maximum Gasteiger partial charge on any atom is 0.164 e. The van der Waals surface area contributed by atoms with Crippen LogP contribution in [0, 0.1) is 6.92 Å². The average Bonchev–Trinajstić information content (AvgIpc) is 2.24. The maximum absolute atomic E-state index is 11.8. The first kappa shape index (κ1) is 12.8. The van der Waals surface area contributed by atoms with Crippen LogP contribution in [0.2, 0.25) is 0 Å². The quantitative estimate of drug-likeness (QED) is 0.591. The predicted octanol–water partition coefficient (Wildman–Crippen LogP) is 2.35. The molecule has 3 nitrogen and oxygen atoms in total. The molecular formula is C13H20N2O. The molecule has 0 spiro atoms. The third-order valence-corrected chi connectivity index (χ3v) is 2.47. The molecule has 0 aliphatic heterocycles. The third kappa shape index (κ3) is 4.11. The van der Waals surface area contributed by atoms with E-state index in [9.17, 15) is 4.79 Å². The van der Waals surface area contributed by atoms with Crippen molar-refractivity contribution in [2.75, 3.05) is 6.54 Å². The van der Waals surface area contributed by atoms with Gasteiger partial charge in [0.1, 0.15) is 0 Å². The molecule has 0 amide bonds. The summed E-state index contributed by atoms with van der Waals surface area (Å²) >= 11 is 0. The first-order valence-electron chi connectivity index (χ1n) is 5.78. The van der Waals surface area contributed by atoms with E-state index >= 15 is 0 Å². The molecular weight excluding hydrogens is 200 g/mol. The summed E-state index contributed by atoms with van der Waals surface area (Å²) in [7, 11) is 0. The molecule has 0 aliphatic carbocycles. The molecule has 0 aromatic carbocycles. The van der Waals surface area contributed by atoms with Gasteiger partial charge in [-0.15, -0.1) is 0 Å². The van der Waals surface area contributed by atoms with Gasteiger partial charge < -0.3 is 5.32 Å². The van der Waals surface area contributed by atoms with E-state index in [2.05, 4.69) is 24.1 Å². The zero-order valence-electron chi connectivity index (χ0n) is 10.3. The number of nitrogens with one attached hydrogen (secondary N) is 1. The third-order valence-electron chi connectivity index (χ3n) is 2.47. The van der Waals surface area contributed by atoms with Gasteiger partial charge in [0, 0.05) is 30.4 Å². The highest BCUT2D eigenvalue weighted by molar-refractivity contribution is 5.97. The van der Waals surface area contributed by atoms with Gasteiger partial charge in [0.25, 0.3) is 0 Å². The van der Waals surface area contributed by atoms with Gasteiger partial charge in [-0.1, -0.05) is 13.8 Å². The molecule has 0 saturated heterocycles. The van der Waals surface area contributed by atoms with E-state index in [1.165, 1.54) is 0 Å². The molecule has 3 heteroatoms. The van der Waals surface area contributed by atoms with Crippen molar-refractivity contribution in [3.8, 4) is 0 Å². The fourth-order valence-corrected chi connectivity index (χ4v) is 1.53. The largest absolute Gasteiger partial charge is 0.315 e. The number of Topliss-reactive ketones (excluding diaryl/α,β-unsaturated/α-hetero) is 1. The van der Waals surface area contributed by atoms with Crippen LogP contribution in [0.4, 0.5) is 0 Å². The van der Waals surface area contributed by atoms with Crippen molar-refractivity contribution in [3.05, 3.63) is 29.6 Å². The van der Waals surface area contributed by atoms with Crippen LogP contribution in [-0.2, 0) is 0 Å². The summed E-state index contributed by atoms with van der Waals surface area (Å²) in [5.41, 5.74) is 1.77. The number of hydrogen-bond acceptors (Lipinski definition) is 3. The van der Waals surface area contributed by atoms with Crippen LogP contribution in [0.25, 0.3) is 0 Å². The fourth-order valence-electron chi connectivity index (χ4n) is 1.53. The van der Waals surface area contributed by atoms with Crippen molar-refractivity contribution >= 4 is 5.78 Å². The summed E-state index contributed by atoms with van der Waals surface area (Å²) in [6.07, 6.45) is 4.84. The summed E-state index contributed by atoms with van der Waals surface area (Å²) in [4.78, 5) is 15.8. The second kappa shape index (κ2) is 6.38. The minimum atomic E-state index is 0.191. The number of carbonyl (C=O) groups excluding carboxylic acids is 1. The van der Waals surface area contributed by atoms with Gasteiger partial charge >= 0.3 is 0 Å². The van der Waals surface area contributed by atoms with E-state index in [4.69, 9.17) is 0 Å². The zero-order valence-corrected chi connectivity index (χ0v) is 10.3. The highest BCUT2D eigenvalue weighted by atomic mass is 16.1. The minimum Gasteiger partial charge on any atom is -0.315 e. The van der Waals surface area contributed by atoms with Gasteiger partial charge in [-0.3, -0.25) is 9.78 Å². The lowest BCUT2D eigenvalue weighted by molar-refractivity contribution is 0.0979. The molecule has 0 bridgehead atoms. The minimum absolute atomic E-state index is 0.191. The van der Waals surface area contributed by atoms with E-state index < -0.39 is 0 Å². The summed E-state index contributed by atoms with van der Waals surface area (Å²) in [6, 6.07) is 2.36. The van der Waals surface area contributed by atoms with Gasteiger partial charge in [0.2, 0.25) is 0 Å². The molecule has 0 saturated carbocycles. The van der Waals surface area contributed by atoms with E-state index in [-0.39, 0.29) is 5.78 Å². The Morgan fingerprint density at radius 3 is 2.88 bits per heavy atom. The fraction of sp³-hybridized carbons (Fsp3) is 0.538. The van der Waals surface area contributed by atoms with Crippen LogP contribution in [0.5, 0.6) is 0 Å². The molecule has 1 rings (SSSR count). The molecule has 0 radical (unpaired) electrons. The van der Waals surface area contributed by atoms with E-state index in [0.29, 0.717) is 12.5 Å². The zero-order chi connectivity index (χ0) is 12.0. The van der Waals surface area contributed by atoms with Gasteiger partial charge in [-0.2, -0.15) is 0 Å². The number of ketones is 1. The Morgan fingerprint density at radius 1 is 1.50 bits per heavy atom. The maximum atomic E-state index is 11.8. The Morgan fingerprint density at radius 2 is 2.25 bits per heavy atom. The van der Waals surface area contributed by atoms with Crippen molar-refractivity contribution in [3.63, 3.8) is 0 Å². The van der Waals surface area contributed by atoms with Crippen LogP contribution in [-0.4, -0.2) is 23.4 Å². The lowest BCUT2D eigenvalue weighted by atomic mass is 10.0. The highest BCUT2D eigenvalue weighted by Gasteiger charge is 2.08. The molecule has 88 valence electrons. The summed E-state index contributed by atoms with van der Waals surface area (Å²) < 4.78 is 0. The SMILES string of the molecule is Cc1ccncc1C(=O)CCCNC(C)C. The Bertz CT molecular complexity index is 348. The Hall–Kier alpha value is -1.22. The normalized spacial score (nSPS) is 10.8. The first-order valence-corrected chi connectivity index (χ1v) is 5.78. The van der Waals surface area contributed by atoms with Crippen LogP contribution >= 0.6 is 0 Å². The Labute approximate surface area is 97.3 Å². The second-order valence-corrected chi connectivity index (χ2v) is 4.33. The molecule has 1 N–H and O–H groups in total. The molecule has 1 aromatic rings. The molecule has 0 aliphatic rings. The van der Waals surface area contributed by atoms with E-state index in [0.717, 1.165) is 24.1 Å². The summed E-state index contributed by atoms with van der Waals surface area (Å²) in [5.74, 6) is 0.191. The molecule has 1 heterocycles. The number of hydrogen-bond donors (Lipinski definition) is 1. The molecule has 1 aromatic heterocycles. The average molecular weight is 220 g/mol. The number of aromatic nitrogens is 1. The molecule has 16 heavy (non-hydrogen) atoms. The monoisotopic (exact) mass is 220 g/mol. The van der Waals surface area contributed by atoms with Crippen molar-refractivity contribution < 1.29 is 4.79 Å². The lowest BCUT2D eigenvalue weighted by Gasteiger charge is -2.07. The summed E-state index contributed by atoms with van der Waals surface area (Å²) in [5, 5.41) is 3.30.